The van der Waals surface area contributed by atoms with Gasteiger partial charge in [-0.2, -0.15) is 13.2 Å². The monoisotopic (exact) mass is 546 g/mol. The molecule has 2 heterocycles. The fourth-order valence-corrected chi connectivity index (χ4v) is 4.90. The molecule has 0 aromatic heterocycles. The van der Waals surface area contributed by atoms with Crippen LogP contribution in [0.4, 0.5) is 35.9 Å². The molecule has 2 aromatic rings. The Labute approximate surface area is 226 Å². The zero-order valence-electron chi connectivity index (χ0n) is 20.8. The highest BCUT2D eigenvalue weighted by Gasteiger charge is 2.38. The van der Waals surface area contributed by atoms with Gasteiger partial charge in [-0.3, -0.25) is 19.8 Å². The summed E-state index contributed by atoms with van der Waals surface area (Å²) in [6.45, 7) is 12.1. The summed E-state index contributed by atoms with van der Waals surface area (Å²) in [4.78, 5) is 32.4. The maximum atomic E-state index is 13.2. The fraction of sp³-hybridized carbons (Fsp3) is 0.481. The molecule has 2 aliphatic heterocycles. The highest BCUT2D eigenvalue weighted by molar-refractivity contribution is 5.76. The van der Waals surface area contributed by atoms with Crippen LogP contribution < -0.4 is 10.2 Å². The molecule has 2 aromatic carbocycles. The summed E-state index contributed by atoms with van der Waals surface area (Å²) in [5.74, 6) is 0.0651. The molecular formula is C27H33F3N6O3. The summed E-state index contributed by atoms with van der Waals surface area (Å²) >= 11 is 0. The van der Waals surface area contributed by atoms with Gasteiger partial charge in [0, 0.05) is 75.7 Å². The number of nitro benzene ring substituents is 1. The number of nitrogens with zero attached hydrogens (tertiary/aromatic N) is 5. The first-order chi connectivity index (χ1) is 18.1. The van der Waals surface area contributed by atoms with Gasteiger partial charge in [0.1, 0.15) is 5.56 Å². The predicted octanol–water partition coefficient (Wildman–Crippen LogP) is 5.42. The van der Waals surface area contributed by atoms with E-state index < -0.39 is 22.4 Å². The molecule has 2 saturated heterocycles. The number of anilines is 2. The summed E-state index contributed by atoms with van der Waals surface area (Å²) in [6, 6.07) is 10.4. The number of nitro groups is 1. The first-order valence-corrected chi connectivity index (χ1v) is 12.5. The molecule has 0 bridgehead atoms. The van der Waals surface area contributed by atoms with Crippen molar-refractivity contribution in [2.24, 2.45) is 0 Å². The van der Waals surface area contributed by atoms with Crippen LogP contribution in [-0.2, 0) is 11.0 Å². The molecule has 2 aliphatic rings. The number of nitrogens with one attached hydrogen (secondary N) is 1. The van der Waals surface area contributed by atoms with E-state index in [0.717, 1.165) is 44.0 Å². The Hall–Kier alpha value is -3.85. The Morgan fingerprint density at radius 2 is 1.69 bits per heavy atom. The van der Waals surface area contributed by atoms with Crippen LogP contribution in [0.3, 0.4) is 0 Å². The van der Waals surface area contributed by atoms with Gasteiger partial charge in [0.25, 0.3) is 5.69 Å². The van der Waals surface area contributed by atoms with E-state index in [0.29, 0.717) is 44.6 Å². The summed E-state index contributed by atoms with van der Waals surface area (Å²) in [5.41, 5.74) is -0.367. The lowest BCUT2D eigenvalue weighted by Crippen LogP contribution is -2.48. The van der Waals surface area contributed by atoms with Crippen molar-refractivity contribution < 1.29 is 22.9 Å². The predicted molar refractivity (Wildman–Crippen MR) is 144 cm³/mol. The molecule has 0 aliphatic carbocycles. The number of carbonyl (C=O) groups is 1. The quantitative estimate of drug-likeness (QED) is 0.284. The molecule has 0 radical (unpaired) electrons. The highest BCUT2D eigenvalue weighted by Crippen LogP contribution is 2.38. The normalized spacial score (nSPS) is 16.8. The molecule has 0 atom stereocenters. The average molecular weight is 547 g/mol. The van der Waals surface area contributed by atoms with Gasteiger partial charge in [-0.15, -0.1) is 0 Å². The first kappa shape index (κ1) is 29.7. The van der Waals surface area contributed by atoms with Gasteiger partial charge in [-0.1, -0.05) is 19.6 Å². The molecular weight excluding hydrogens is 513 g/mol. The van der Waals surface area contributed by atoms with Crippen molar-refractivity contribution >= 4 is 28.7 Å². The molecule has 0 unspecified atom stereocenters. The Bertz CT molecular complexity index is 1180. The van der Waals surface area contributed by atoms with Gasteiger partial charge in [0.05, 0.1) is 11.5 Å². The number of amides is 1. The lowest BCUT2D eigenvalue weighted by molar-refractivity contribution is -0.388. The van der Waals surface area contributed by atoms with Gasteiger partial charge in [0.15, 0.2) is 5.69 Å². The van der Waals surface area contributed by atoms with Crippen LogP contribution in [0, 0.1) is 16.7 Å². The minimum absolute atomic E-state index is 0. The Morgan fingerprint density at radius 3 is 2.26 bits per heavy atom. The van der Waals surface area contributed by atoms with E-state index >= 15 is 0 Å². The van der Waals surface area contributed by atoms with Crippen LogP contribution in [0.25, 0.3) is 4.85 Å². The molecule has 12 heteroatoms. The van der Waals surface area contributed by atoms with E-state index in [2.05, 4.69) is 20.0 Å². The molecule has 2 fully saturated rings. The first-order valence-electron chi connectivity index (χ1n) is 12.5. The lowest BCUT2D eigenvalue weighted by atomic mass is 10.0. The van der Waals surface area contributed by atoms with Crippen molar-refractivity contribution in [3.05, 3.63) is 69.6 Å². The minimum Gasteiger partial charge on any atom is -0.382 e. The molecule has 1 amide bonds. The summed E-state index contributed by atoms with van der Waals surface area (Å²) in [6.07, 6.45) is -3.26. The molecule has 210 valence electrons. The number of piperazine rings is 1. The maximum Gasteiger partial charge on any atom is 0.423 e. The van der Waals surface area contributed by atoms with Gasteiger partial charge >= 0.3 is 6.18 Å². The standard InChI is InChI=1S/C26H29F3N6O3.CH4/c1-30-19-2-5-22(6-3-19)33-16-14-32(15-17-33)11-10-25(36)34-12-8-20(9-13-34)31-21-4-7-24(35(37)38)23(18-21)26(27,28)29;/h2-7,18,20,31H,8-17H2;1H4. The molecule has 4 rings (SSSR count). The second-order valence-electron chi connectivity index (χ2n) is 9.49. The summed E-state index contributed by atoms with van der Waals surface area (Å²) in [7, 11) is 0. The molecule has 39 heavy (non-hydrogen) atoms. The molecule has 0 spiro atoms. The number of benzene rings is 2. The van der Waals surface area contributed by atoms with E-state index in [1.165, 1.54) is 6.07 Å². The maximum absolute atomic E-state index is 13.2. The van der Waals surface area contributed by atoms with Crippen molar-refractivity contribution in [3.63, 3.8) is 0 Å². The van der Waals surface area contributed by atoms with Gasteiger partial charge < -0.3 is 15.1 Å². The SMILES string of the molecule is C.[C-]#[N+]c1ccc(N2CCN(CCC(=O)N3CCC(Nc4ccc([N+](=O)[O-])c(C(F)(F)F)c4)CC3)CC2)cc1. The van der Waals surface area contributed by atoms with Crippen LogP contribution in [0.1, 0.15) is 32.3 Å². The number of carbonyl (C=O) groups excluding carboxylic acids is 1. The average Bonchev–Trinajstić information content (AvgIpc) is 2.92. The van der Waals surface area contributed by atoms with Crippen molar-refractivity contribution in [1.29, 1.82) is 0 Å². The number of piperidine rings is 1. The second kappa shape index (κ2) is 12.8. The highest BCUT2D eigenvalue weighted by atomic mass is 19.4. The number of hydrogen-bond acceptors (Lipinski definition) is 6. The second-order valence-corrected chi connectivity index (χ2v) is 9.49. The fourth-order valence-electron chi connectivity index (χ4n) is 4.90. The van der Waals surface area contributed by atoms with Gasteiger partial charge in [-0.05, 0) is 37.1 Å². The van der Waals surface area contributed by atoms with Crippen LogP contribution in [-0.4, -0.2) is 72.5 Å². The Balaban J connectivity index is 0.00000420. The number of halogens is 3. The molecule has 0 saturated carbocycles. The van der Waals surface area contributed by atoms with E-state index in [9.17, 15) is 28.1 Å². The molecule has 9 nitrogen and oxygen atoms in total. The van der Waals surface area contributed by atoms with Crippen LogP contribution in [0.15, 0.2) is 42.5 Å². The van der Waals surface area contributed by atoms with Crippen molar-refractivity contribution in [2.45, 2.75) is 38.9 Å². The van der Waals surface area contributed by atoms with Gasteiger partial charge in [0.2, 0.25) is 5.91 Å². The summed E-state index contributed by atoms with van der Waals surface area (Å²) < 4.78 is 39.7. The van der Waals surface area contributed by atoms with Gasteiger partial charge in [-0.25, -0.2) is 4.85 Å². The third-order valence-corrected chi connectivity index (χ3v) is 7.08. The molecule has 1 N–H and O–H groups in total. The Kier molecular flexibility index (Phi) is 9.75. The Morgan fingerprint density at radius 1 is 1.05 bits per heavy atom. The van der Waals surface area contributed by atoms with Crippen molar-refractivity contribution in [2.75, 3.05) is 56.0 Å². The topological polar surface area (TPSA) is 86.3 Å². The number of rotatable bonds is 7. The van der Waals surface area contributed by atoms with Crippen LogP contribution in [0.5, 0.6) is 0 Å². The lowest BCUT2D eigenvalue weighted by Gasteiger charge is -2.37. The van der Waals surface area contributed by atoms with E-state index in [1.54, 1.807) is 4.90 Å². The van der Waals surface area contributed by atoms with Crippen molar-refractivity contribution in [3.8, 4) is 0 Å². The third-order valence-electron chi connectivity index (χ3n) is 7.08. The zero-order valence-corrected chi connectivity index (χ0v) is 20.8. The van der Waals surface area contributed by atoms with E-state index in [1.807, 2.05) is 24.3 Å². The smallest absolute Gasteiger partial charge is 0.382 e. The number of alkyl halides is 3. The number of hydrogen-bond donors (Lipinski definition) is 1. The summed E-state index contributed by atoms with van der Waals surface area (Å²) in [5, 5.41) is 14.0. The number of likely N-dealkylation sites (tertiary alicyclic amines) is 1. The van der Waals surface area contributed by atoms with Crippen molar-refractivity contribution in [1.82, 2.24) is 9.80 Å². The third kappa shape index (κ3) is 7.60. The van der Waals surface area contributed by atoms with Crippen LogP contribution in [0.2, 0.25) is 0 Å². The van der Waals surface area contributed by atoms with E-state index in [-0.39, 0.29) is 25.1 Å². The minimum atomic E-state index is -4.83. The largest absolute Gasteiger partial charge is 0.423 e. The van der Waals surface area contributed by atoms with Crippen LogP contribution >= 0.6 is 0 Å². The zero-order chi connectivity index (χ0) is 27.3. The van der Waals surface area contributed by atoms with E-state index in [4.69, 9.17) is 6.57 Å².